The van der Waals surface area contributed by atoms with Gasteiger partial charge in [0.05, 0.1) is 11.9 Å². The second-order valence-corrected chi connectivity index (χ2v) is 2.18. The highest BCUT2D eigenvalue weighted by Crippen LogP contribution is 1.74. The van der Waals surface area contributed by atoms with Gasteiger partial charge in [-0.05, 0) is 6.92 Å². The molecule has 74 valence electrons. The van der Waals surface area contributed by atoms with Crippen molar-refractivity contribution in [1.82, 2.24) is 5.43 Å². The number of nitrogens with two attached hydrogens (primary N) is 4. The third kappa shape index (κ3) is 8.23. The van der Waals surface area contributed by atoms with Crippen LogP contribution in [0.15, 0.2) is 15.3 Å². The summed E-state index contributed by atoms with van der Waals surface area (Å²) < 4.78 is 0. The first-order valence-electron chi connectivity index (χ1n) is 3.45. The van der Waals surface area contributed by atoms with E-state index in [9.17, 15) is 0 Å². The summed E-state index contributed by atoms with van der Waals surface area (Å²) in [7, 11) is 0. The predicted octanol–water partition coefficient (Wildman–Crippen LogP) is -2.59. The Labute approximate surface area is 75.7 Å². The van der Waals surface area contributed by atoms with E-state index in [2.05, 4.69) is 20.7 Å². The molecule has 0 aromatic rings. The highest BCUT2D eigenvalue weighted by Gasteiger charge is 1.86. The summed E-state index contributed by atoms with van der Waals surface area (Å²) in [5.74, 6) is -0.115. The first kappa shape index (κ1) is 11.3. The van der Waals surface area contributed by atoms with Crippen molar-refractivity contribution in [3.8, 4) is 0 Å². The number of hydrogen-bond donors (Lipinski definition) is 5. The molecule has 0 aromatic heterocycles. The molecule has 0 radical (unpaired) electrons. The van der Waals surface area contributed by atoms with Gasteiger partial charge in [-0.2, -0.15) is 10.2 Å². The van der Waals surface area contributed by atoms with Crippen LogP contribution in [0.25, 0.3) is 0 Å². The van der Waals surface area contributed by atoms with Crippen molar-refractivity contribution in [3.63, 3.8) is 0 Å². The zero-order valence-electron chi connectivity index (χ0n) is 7.31. The molecule has 9 N–H and O–H groups in total. The van der Waals surface area contributed by atoms with Gasteiger partial charge in [0.1, 0.15) is 6.29 Å². The van der Waals surface area contributed by atoms with Gasteiger partial charge in [0.2, 0.25) is 5.96 Å². The Morgan fingerprint density at radius 2 is 1.92 bits per heavy atom. The van der Waals surface area contributed by atoms with Crippen LogP contribution in [-0.2, 0) is 0 Å². The third-order valence-corrected chi connectivity index (χ3v) is 0.798. The van der Waals surface area contributed by atoms with E-state index in [1.165, 1.54) is 6.21 Å². The molecule has 0 aliphatic heterocycles. The van der Waals surface area contributed by atoms with Gasteiger partial charge in [-0.3, -0.25) is 16.9 Å². The molecule has 8 nitrogen and oxygen atoms in total. The Kier molecular flexibility index (Phi) is 5.15. The Morgan fingerprint density at radius 3 is 2.38 bits per heavy atom. The van der Waals surface area contributed by atoms with E-state index < -0.39 is 6.29 Å². The molecule has 0 aromatic carbocycles. The molecular formula is C5H14N8. The van der Waals surface area contributed by atoms with Gasteiger partial charge >= 0.3 is 0 Å². The highest BCUT2D eigenvalue weighted by molar-refractivity contribution is 6.29. The quantitative estimate of drug-likeness (QED) is 0.141. The zero-order chi connectivity index (χ0) is 10.3. The van der Waals surface area contributed by atoms with E-state index in [1.807, 2.05) is 0 Å². The number of nitrogens with one attached hydrogen (secondary N) is 1. The van der Waals surface area contributed by atoms with Crippen LogP contribution < -0.4 is 28.4 Å². The molecule has 0 heterocycles. The number of guanidine groups is 1. The van der Waals surface area contributed by atoms with E-state index in [0.29, 0.717) is 5.71 Å². The Bertz CT molecular complexity index is 223. The lowest BCUT2D eigenvalue weighted by Crippen LogP contribution is -2.42. The fourth-order valence-corrected chi connectivity index (χ4v) is 0.379. The highest BCUT2D eigenvalue weighted by atomic mass is 15.4. The fourth-order valence-electron chi connectivity index (χ4n) is 0.379. The normalized spacial score (nSPS) is 12.2. The van der Waals surface area contributed by atoms with Crippen LogP contribution in [0.1, 0.15) is 6.92 Å². The van der Waals surface area contributed by atoms with Crippen molar-refractivity contribution < 1.29 is 0 Å². The lowest BCUT2D eigenvalue weighted by Gasteiger charge is -2.01. The molecule has 8 heteroatoms. The second kappa shape index (κ2) is 5.91. The lowest BCUT2D eigenvalue weighted by molar-refractivity contribution is 0.573. The summed E-state index contributed by atoms with van der Waals surface area (Å²) in [5, 5.41) is 10.6. The van der Waals surface area contributed by atoms with Gasteiger partial charge in [-0.1, -0.05) is 0 Å². The summed E-state index contributed by atoms with van der Waals surface area (Å²) >= 11 is 0. The molecule has 0 saturated heterocycles. The molecule has 0 aliphatic carbocycles. The van der Waals surface area contributed by atoms with Gasteiger partial charge in [-0.25, -0.2) is 0 Å². The smallest absolute Gasteiger partial charge is 0.211 e. The zero-order valence-corrected chi connectivity index (χ0v) is 7.31. The van der Waals surface area contributed by atoms with Crippen molar-refractivity contribution in [2.45, 2.75) is 13.2 Å². The number of nitrogens with zero attached hydrogens (tertiary/aromatic N) is 3. The van der Waals surface area contributed by atoms with Crippen molar-refractivity contribution in [2.75, 3.05) is 0 Å². The van der Waals surface area contributed by atoms with Crippen LogP contribution in [0.3, 0.4) is 0 Å². The third-order valence-electron chi connectivity index (χ3n) is 0.798. The average Bonchev–Trinajstić information content (AvgIpc) is 2.00. The van der Waals surface area contributed by atoms with Gasteiger partial charge in [0.25, 0.3) is 0 Å². The number of hydrogen-bond acceptors (Lipinski definition) is 6. The van der Waals surface area contributed by atoms with Crippen LogP contribution >= 0.6 is 0 Å². The molecule has 0 unspecified atom stereocenters. The molecule has 0 fully saturated rings. The minimum absolute atomic E-state index is 0.115. The van der Waals surface area contributed by atoms with Crippen LogP contribution in [-0.4, -0.2) is 24.2 Å². The van der Waals surface area contributed by atoms with Crippen LogP contribution in [0, 0.1) is 0 Å². The second-order valence-electron chi connectivity index (χ2n) is 2.18. The van der Waals surface area contributed by atoms with Crippen molar-refractivity contribution in [2.24, 2.45) is 38.2 Å². The summed E-state index contributed by atoms with van der Waals surface area (Å²) in [6.07, 6.45) is 0.686. The van der Waals surface area contributed by atoms with Gasteiger partial charge in [0.15, 0.2) is 0 Å². The maximum absolute atomic E-state index is 5.15. The Balaban J connectivity index is 3.99. The van der Waals surface area contributed by atoms with Crippen molar-refractivity contribution in [3.05, 3.63) is 0 Å². The Hall–Kier alpha value is -1.67. The number of hydrazone groups is 1. The van der Waals surface area contributed by atoms with E-state index in [-0.39, 0.29) is 5.96 Å². The minimum Gasteiger partial charge on any atom is -0.369 e. The molecule has 0 spiro atoms. The number of rotatable bonds is 4. The summed E-state index contributed by atoms with van der Waals surface area (Å²) in [5.41, 5.74) is 23.3. The molecule has 0 bridgehead atoms. The van der Waals surface area contributed by atoms with E-state index in [0.717, 1.165) is 0 Å². The van der Waals surface area contributed by atoms with Gasteiger partial charge in [-0.15, -0.1) is 5.10 Å². The predicted molar refractivity (Wildman–Crippen MR) is 52.7 cm³/mol. The molecule has 0 atom stereocenters. The largest absolute Gasteiger partial charge is 0.369 e. The minimum atomic E-state index is -0.702. The average molecular weight is 186 g/mol. The summed E-state index contributed by atoms with van der Waals surface area (Å²) in [6, 6.07) is 0. The lowest BCUT2D eigenvalue weighted by atomic mass is 10.5. The molecule has 0 rings (SSSR count). The first-order valence-corrected chi connectivity index (χ1v) is 3.45. The van der Waals surface area contributed by atoms with Gasteiger partial charge in [0, 0.05) is 0 Å². The maximum Gasteiger partial charge on any atom is 0.211 e. The summed E-state index contributed by atoms with van der Waals surface area (Å²) in [6.45, 7) is 1.67. The van der Waals surface area contributed by atoms with E-state index in [1.54, 1.807) is 6.92 Å². The van der Waals surface area contributed by atoms with E-state index >= 15 is 0 Å². The first-order chi connectivity index (χ1) is 6.02. The molecular weight excluding hydrogens is 172 g/mol. The van der Waals surface area contributed by atoms with Crippen LogP contribution in [0.4, 0.5) is 0 Å². The van der Waals surface area contributed by atoms with Crippen molar-refractivity contribution in [1.29, 1.82) is 0 Å². The standard InChI is InChI=1S/C5H14N8/c1-3(11-13-5(8)9)2-10-12-4(6)7/h2,4,12H,6-7H2,1H3,(H4,8,9,13)/b10-2+,11-3+. The van der Waals surface area contributed by atoms with Crippen LogP contribution in [0.2, 0.25) is 0 Å². The van der Waals surface area contributed by atoms with Gasteiger partial charge < -0.3 is 11.5 Å². The van der Waals surface area contributed by atoms with Crippen LogP contribution in [0.5, 0.6) is 0 Å². The molecule has 0 saturated carbocycles. The molecule has 0 aliphatic rings. The topological polar surface area (TPSA) is 153 Å². The maximum atomic E-state index is 5.15. The molecule has 0 amide bonds. The summed E-state index contributed by atoms with van der Waals surface area (Å²) in [4.78, 5) is 0. The van der Waals surface area contributed by atoms with E-state index in [4.69, 9.17) is 22.9 Å². The molecule has 13 heavy (non-hydrogen) atoms. The SMILES string of the molecule is CC(/C=N/NC(N)N)=N\N=C(N)N. The Morgan fingerprint density at radius 1 is 1.31 bits per heavy atom. The monoisotopic (exact) mass is 186 g/mol. The van der Waals surface area contributed by atoms with Crippen molar-refractivity contribution >= 4 is 17.9 Å². The fraction of sp³-hybridized carbons (Fsp3) is 0.400.